The summed E-state index contributed by atoms with van der Waals surface area (Å²) in [4.78, 5) is 54.1. The molecule has 1 aliphatic carbocycles. The highest BCUT2D eigenvalue weighted by molar-refractivity contribution is 7.13. The lowest BCUT2D eigenvalue weighted by molar-refractivity contribution is -0.144. The third kappa shape index (κ3) is 12.7. The molecule has 0 spiro atoms. The number of aromatic nitrogens is 2. The normalized spacial score (nSPS) is 16.4. The minimum absolute atomic E-state index is 0.151. The van der Waals surface area contributed by atoms with Crippen molar-refractivity contribution in [1.82, 2.24) is 25.1 Å². The molecule has 0 bridgehead atoms. The topological polar surface area (TPSA) is 162 Å². The van der Waals surface area contributed by atoms with Crippen LogP contribution in [0.5, 0.6) is 0 Å². The Labute approximate surface area is 313 Å². The van der Waals surface area contributed by atoms with Crippen molar-refractivity contribution in [2.75, 3.05) is 25.9 Å². The number of aliphatic hydroxyl groups excluding tert-OH is 2. The highest BCUT2D eigenvalue weighted by Gasteiger charge is 2.35. The minimum atomic E-state index is -1.16. The van der Waals surface area contributed by atoms with Crippen LogP contribution in [-0.4, -0.2) is 86.1 Å². The van der Waals surface area contributed by atoms with Crippen molar-refractivity contribution < 1.29 is 24.6 Å². The second kappa shape index (κ2) is 20.4. The zero-order valence-corrected chi connectivity index (χ0v) is 32.0. The molecule has 4 rings (SSSR count). The van der Waals surface area contributed by atoms with E-state index in [2.05, 4.69) is 15.3 Å². The highest BCUT2D eigenvalue weighted by atomic mass is 32.1. The number of amides is 3. The van der Waals surface area contributed by atoms with Gasteiger partial charge in [0.05, 0.1) is 29.8 Å². The summed E-state index contributed by atoms with van der Waals surface area (Å²) < 4.78 is 0. The first-order valence-corrected chi connectivity index (χ1v) is 19.6. The van der Waals surface area contributed by atoms with Crippen LogP contribution in [-0.2, 0) is 27.2 Å². The summed E-state index contributed by atoms with van der Waals surface area (Å²) in [7, 11) is 1.73. The maximum atomic E-state index is 14.4. The second-order valence-corrected chi connectivity index (χ2v) is 15.7. The minimum Gasteiger partial charge on any atom is -0.390 e. The number of rotatable bonds is 19. The van der Waals surface area contributed by atoms with E-state index in [1.54, 1.807) is 34.6 Å². The number of benzene rings is 1. The molecule has 0 unspecified atom stereocenters. The number of aliphatic hydroxyl groups is 2. The van der Waals surface area contributed by atoms with Gasteiger partial charge in [-0.15, -0.1) is 11.3 Å². The Morgan fingerprint density at radius 2 is 1.75 bits per heavy atom. The van der Waals surface area contributed by atoms with Crippen molar-refractivity contribution in [1.29, 1.82) is 0 Å². The second-order valence-electron chi connectivity index (χ2n) is 14.9. The molecule has 1 aliphatic rings. The number of thiazole rings is 1. The van der Waals surface area contributed by atoms with Gasteiger partial charge in [0.15, 0.2) is 5.13 Å². The SMILES string of the molecule is CC(C)C[C@H](O)[C@H](O)[C@H](CC1CCCCC1)NC(=O)[C@@H](CC(=O)N(CC(=O)N(C)CCc1cccnc1)[C@@H](C)c1ccccc1)Cc1csc(N)n1. The van der Waals surface area contributed by atoms with Gasteiger partial charge in [0.25, 0.3) is 0 Å². The average molecular weight is 735 g/mol. The zero-order chi connectivity index (χ0) is 37.6. The Kier molecular flexibility index (Phi) is 16.0. The van der Waals surface area contributed by atoms with Crippen LogP contribution in [0, 0.1) is 17.8 Å². The van der Waals surface area contributed by atoms with Crippen LogP contribution in [0.4, 0.5) is 5.13 Å². The third-order valence-corrected chi connectivity index (χ3v) is 11.0. The number of nitrogens with two attached hydrogens (primary N) is 1. The fraction of sp³-hybridized carbons (Fsp3) is 0.575. The van der Waals surface area contributed by atoms with Gasteiger partial charge < -0.3 is 31.1 Å². The van der Waals surface area contributed by atoms with E-state index in [9.17, 15) is 24.6 Å². The lowest BCUT2D eigenvalue weighted by atomic mass is 9.82. The van der Waals surface area contributed by atoms with Gasteiger partial charge in [-0.25, -0.2) is 4.98 Å². The highest BCUT2D eigenvalue weighted by Crippen LogP contribution is 2.30. The van der Waals surface area contributed by atoms with Crippen molar-refractivity contribution in [3.05, 3.63) is 77.1 Å². The molecule has 1 saturated carbocycles. The predicted molar refractivity (Wildman–Crippen MR) is 205 cm³/mol. The van der Waals surface area contributed by atoms with E-state index in [0.29, 0.717) is 42.6 Å². The van der Waals surface area contributed by atoms with Gasteiger partial charge in [-0.1, -0.05) is 82.3 Å². The number of carbonyl (C=O) groups is 3. The smallest absolute Gasteiger partial charge is 0.241 e. The number of hydrogen-bond acceptors (Lipinski definition) is 9. The first-order valence-electron chi connectivity index (χ1n) is 18.7. The molecule has 2 aromatic heterocycles. The molecule has 1 aromatic carbocycles. The largest absolute Gasteiger partial charge is 0.390 e. The molecule has 3 amide bonds. The van der Waals surface area contributed by atoms with Gasteiger partial charge in [0.1, 0.15) is 12.6 Å². The number of likely N-dealkylation sites (N-methyl/N-ethyl adjacent to an activating group) is 1. The van der Waals surface area contributed by atoms with Crippen LogP contribution >= 0.6 is 11.3 Å². The summed E-state index contributed by atoms with van der Waals surface area (Å²) in [5, 5.41) is 27.6. The fourth-order valence-corrected chi connectivity index (χ4v) is 7.67. The quantitative estimate of drug-likeness (QED) is 0.131. The van der Waals surface area contributed by atoms with Crippen LogP contribution in [0.2, 0.25) is 0 Å². The first kappa shape index (κ1) is 40.9. The third-order valence-electron chi connectivity index (χ3n) is 10.2. The standard InChI is InChI=1S/C40H58N6O5S/c1-27(2)20-35(47)38(50)34(21-29-12-7-5-8-13-29)44-39(51)32(22-33-26-52-40(41)43-33)23-36(48)46(28(3)31-15-9-6-10-16-31)25-37(49)45(4)19-17-30-14-11-18-42-24-30/h6,9-11,14-16,18,24,26-29,32,34-35,38,47,50H,5,7-8,12-13,17,19-23,25H2,1-4H3,(H2,41,43)(H,44,51)/t28-,32+,34-,35-,38+/m0/s1. The summed E-state index contributed by atoms with van der Waals surface area (Å²) in [6, 6.07) is 12.2. The number of pyridine rings is 1. The predicted octanol–water partition coefficient (Wildman–Crippen LogP) is 5.18. The monoisotopic (exact) mass is 734 g/mol. The Morgan fingerprint density at radius 3 is 2.38 bits per heavy atom. The van der Waals surface area contributed by atoms with E-state index in [0.717, 1.165) is 36.8 Å². The van der Waals surface area contributed by atoms with Crippen LogP contribution in [0.15, 0.2) is 60.2 Å². The van der Waals surface area contributed by atoms with Crippen LogP contribution in [0.25, 0.3) is 0 Å². The molecular weight excluding hydrogens is 677 g/mol. The van der Waals surface area contributed by atoms with Crippen LogP contribution in [0.1, 0.15) is 95.0 Å². The van der Waals surface area contributed by atoms with Crippen molar-refractivity contribution in [3.63, 3.8) is 0 Å². The molecule has 3 aromatic rings. The molecule has 0 radical (unpaired) electrons. The van der Waals surface area contributed by atoms with E-state index in [-0.39, 0.29) is 37.1 Å². The van der Waals surface area contributed by atoms with E-state index in [4.69, 9.17) is 5.73 Å². The fourth-order valence-electron chi connectivity index (χ4n) is 7.10. The number of anilines is 1. The van der Waals surface area contributed by atoms with Crippen molar-refractivity contribution in [3.8, 4) is 0 Å². The van der Waals surface area contributed by atoms with Crippen molar-refractivity contribution >= 4 is 34.2 Å². The molecule has 0 aliphatic heterocycles. The van der Waals surface area contributed by atoms with Gasteiger partial charge >= 0.3 is 0 Å². The molecule has 12 heteroatoms. The molecule has 1 fully saturated rings. The summed E-state index contributed by atoms with van der Waals surface area (Å²) in [5.41, 5.74) is 8.42. The van der Waals surface area contributed by atoms with E-state index >= 15 is 0 Å². The number of carbonyl (C=O) groups excluding carboxylic acids is 3. The number of hydrogen-bond donors (Lipinski definition) is 4. The van der Waals surface area contributed by atoms with E-state index < -0.39 is 36.1 Å². The van der Waals surface area contributed by atoms with Crippen molar-refractivity contribution in [2.24, 2.45) is 17.8 Å². The molecule has 11 nitrogen and oxygen atoms in total. The van der Waals surface area contributed by atoms with E-state index in [1.165, 1.54) is 17.8 Å². The first-order chi connectivity index (χ1) is 24.9. The summed E-state index contributed by atoms with van der Waals surface area (Å²) >= 11 is 1.26. The number of nitrogens with zero attached hydrogens (tertiary/aromatic N) is 4. The van der Waals surface area contributed by atoms with Gasteiger partial charge in [-0.05, 0) is 55.2 Å². The molecule has 0 saturated heterocycles. The molecular formula is C40H58N6O5S. The average Bonchev–Trinajstić information content (AvgIpc) is 3.56. The Hall–Kier alpha value is -3.87. The molecule has 52 heavy (non-hydrogen) atoms. The molecule has 284 valence electrons. The Bertz CT molecular complexity index is 1530. The number of nitrogen functional groups attached to an aromatic ring is 1. The zero-order valence-electron chi connectivity index (χ0n) is 31.2. The number of nitrogens with one attached hydrogen (secondary N) is 1. The van der Waals surface area contributed by atoms with Crippen LogP contribution in [0.3, 0.4) is 0 Å². The lowest BCUT2D eigenvalue weighted by Gasteiger charge is -2.34. The maximum absolute atomic E-state index is 14.4. The van der Waals surface area contributed by atoms with E-state index in [1.807, 2.05) is 63.2 Å². The molecule has 2 heterocycles. The summed E-state index contributed by atoms with van der Waals surface area (Å²) in [6.07, 6.45) is 8.25. The van der Waals surface area contributed by atoms with Gasteiger partial charge in [0, 0.05) is 44.2 Å². The lowest BCUT2D eigenvalue weighted by Crippen LogP contribution is -2.52. The summed E-state index contributed by atoms with van der Waals surface area (Å²) in [5.74, 6) is -1.35. The Morgan fingerprint density at radius 1 is 1.02 bits per heavy atom. The summed E-state index contributed by atoms with van der Waals surface area (Å²) in [6.45, 7) is 6.14. The van der Waals surface area contributed by atoms with Crippen LogP contribution < -0.4 is 11.1 Å². The van der Waals surface area contributed by atoms with Gasteiger partial charge in [-0.2, -0.15) is 0 Å². The van der Waals surface area contributed by atoms with Gasteiger partial charge in [0.2, 0.25) is 17.7 Å². The van der Waals surface area contributed by atoms with Crippen molar-refractivity contribution in [2.45, 2.75) is 109 Å². The van der Waals surface area contributed by atoms with Gasteiger partial charge in [-0.3, -0.25) is 19.4 Å². The molecule has 5 atom stereocenters. The maximum Gasteiger partial charge on any atom is 0.241 e. The molecule has 5 N–H and O–H groups in total. The Balaban J connectivity index is 1.57.